The minimum absolute atomic E-state index is 0.0110. The van der Waals surface area contributed by atoms with Crippen LogP contribution in [0, 0.1) is 41.3 Å². The first-order valence-corrected chi connectivity index (χ1v) is 16.5. The van der Waals surface area contributed by atoms with Gasteiger partial charge in [0.2, 0.25) is 10.0 Å². The molecule has 0 aromatic heterocycles. The second-order valence-corrected chi connectivity index (χ2v) is 12.9. The molecular weight excluding hydrogens is 607 g/mol. The van der Waals surface area contributed by atoms with Crippen LogP contribution >= 0.6 is 0 Å². The molecule has 1 heterocycles. The standard InChI is InChI=1S/C35H33FN4O5S/c1-24-33(39-46(2,41)42)4-3-5-34(24)40(20-26-8-6-25(18-37)7-9-26)21-27-10-11-35(32(36)16-27)45-31-15-29(19-38)14-30(17-31)44-23-28-12-13-43-22-28/h3-11,14-17,28,39H,12-13,20-23H2,1-2H3. The monoisotopic (exact) mass is 640 g/mol. The molecule has 1 atom stereocenters. The zero-order valence-electron chi connectivity index (χ0n) is 25.5. The van der Waals surface area contributed by atoms with Gasteiger partial charge in [-0.3, -0.25) is 4.72 Å². The zero-order chi connectivity index (χ0) is 32.7. The third kappa shape index (κ3) is 8.54. The molecule has 4 aromatic rings. The average Bonchev–Trinajstić information content (AvgIpc) is 3.56. The summed E-state index contributed by atoms with van der Waals surface area (Å²) < 4.78 is 59.2. The van der Waals surface area contributed by atoms with Crippen molar-refractivity contribution >= 4 is 21.4 Å². The van der Waals surface area contributed by atoms with Crippen LogP contribution in [0.3, 0.4) is 0 Å². The molecule has 1 saturated heterocycles. The Balaban J connectivity index is 1.39. The van der Waals surface area contributed by atoms with Crippen LogP contribution in [0.25, 0.3) is 0 Å². The van der Waals surface area contributed by atoms with Crippen LogP contribution in [0.15, 0.2) is 78.9 Å². The van der Waals surface area contributed by atoms with Crippen LogP contribution in [0.4, 0.5) is 15.8 Å². The van der Waals surface area contributed by atoms with E-state index in [1.165, 1.54) is 18.2 Å². The zero-order valence-corrected chi connectivity index (χ0v) is 26.3. The lowest BCUT2D eigenvalue weighted by atomic mass is 10.1. The van der Waals surface area contributed by atoms with E-state index in [-0.39, 0.29) is 24.0 Å². The highest BCUT2D eigenvalue weighted by molar-refractivity contribution is 7.92. The predicted octanol–water partition coefficient (Wildman–Crippen LogP) is 6.66. The summed E-state index contributed by atoms with van der Waals surface area (Å²) in [5.74, 6) is 0.408. The van der Waals surface area contributed by atoms with Crippen molar-refractivity contribution in [3.05, 3.63) is 112 Å². The van der Waals surface area contributed by atoms with Crippen LogP contribution in [0.1, 0.15) is 34.2 Å². The van der Waals surface area contributed by atoms with Crippen molar-refractivity contribution in [2.75, 3.05) is 35.7 Å². The van der Waals surface area contributed by atoms with E-state index in [0.29, 0.717) is 60.1 Å². The Kier molecular flexibility index (Phi) is 10.1. The summed E-state index contributed by atoms with van der Waals surface area (Å²) in [4.78, 5) is 2.01. The van der Waals surface area contributed by atoms with Gasteiger partial charge in [-0.15, -0.1) is 0 Å². The molecule has 1 aliphatic heterocycles. The molecule has 9 nitrogen and oxygen atoms in total. The topological polar surface area (TPSA) is 125 Å². The quantitative estimate of drug-likeness (QED) is 0.182. The van der Waals surface area contributed by atoms with E-state index in [1.807, 2.05) is 30.0 Å². The number of benzene rings is 4. The van der Waals surface area contributed by atoms with Crippen LogP contribution < -0.4 is 19.1 Å². The fraction of sp³-hybridized carbons (Fsp3) is 0.257. The molecule has 46 heavy (non-hydrogen) atoms. The minimum atomic E-state index is -3.51. The predicted molar refractivity (Wildman–Crippen MR) is 173 cm³/mol. The van der Waals surface area contributed by atoms with Crippen molar-refractivity contribution in [2.45, 2.75) is 26.4 Å². The maximum atomic E-state index is 15.5. The second kappa shape index (κ2) is 14.3. The van der Waals surface area contributed by atoms with Gasteiger partial charge in [0.05, 0.1) is 48.4 Å². The van der Waals surface area contributed by atoms with Gasteiger partial charge in [-0.05, 0) is 78.6 Å². The lowest BCUT2D eigenvalue weighted by Gasteiger charge is -2.28. The number of nitrogens with one attached hydrogen (secondary N) is 1. The van der Waals surface area contributed by atoms with Crippen LogP contribution in [0.5, 0.6) is 17.2 Å². The van der Waals surface area contributed by atoms with Gasteiger partial charge < -0.3 is 19.1 Å². The summed E-state index contributed by atoms with van der Waals surface area (Å²) in [6, 6.07) is 26.1. The van der Waals surface area contributed by atoms with E-state index >= 15 is 4.39 Å². The number of ether oxygens (including phenoxy) is 3. The summed E-state index contributed by atoms with van der Waals surface area (Å²) >= 11 is 0. The SMILES string of the molecule is Cc1c(NS(C)(=O)=O)cccc1N(Cc1ccc(C#N)cc1)Cc1ccc(Oc2cc(C#N)cc(OCC3CCOC3)c2)c(F)c1. The number of sulfonamides is 1. The fourth-order valence-electron chi connectivity index (χ4n) is 5.19. The first-order valence-electron chi connectivity index (χ1n) is 14.6. The summed E-state index contributed by atoms with van der Waals surface area (Å²) in [6.45, 7) is 4.30. The Labute approximate surface area is 268 Å². The van der Waals surface area contributed by atoms with Gasteiger partial charge in [0, 0.05) is 37.4 Å². The molecule has 0 aliphatic carbocycles. The average molecular weight is 641 g/mol. The summed E-state index contributed by atoms with van der Waals surface area (Å²) in [5.41, 5.74) is 4.32. The van der Waals surface area contributed by atoms with Gasteiger partial charge in [0.15, 0.2) is 11.6 Å². The first-order chi connectivity index (χ1) is 22.1. The molecule has 1 fully saturated rings. The molecule has 0 bridgehead atoms. The normalized spacial score (nSPS) is 14.2. The molecule has 0 amide bonds. The number of halogens is 1. The number of hydrogen-bond donors (Lipinski definition) is 1. The van der Waals surface area contributed by atoms with Gasteiger partial charge in [0.1, 0.15) is 11.5 Å². The molecule has 4 aromatic carbocycles. The third-order valence-electron chi connectivity index (χ3n) is 7.51. The van der Waals surface area contributed by atoms with Crippen LogP contribution in [-0.2, 0) is 27.8 Å². The molecule has 5 rings (SSSR count). The molecular formula is C35H33FN4O5S. The number of rotatable bonds is 12. The highest BCUT2D eigenvalue weighted by atomic mass is 32.2. The van der Waals surface area contributed by atoms with Crippen LogP contribution in [-0.4, -0.2) is 34.5 Å². The summed E-state index contributed by atoms with van der Waals surface area (Å²) in [6.07, 6.45) is 2.00. The minimum Gasteiger partial charge on any atom is -0.493 e. The Morgan fingerprint density at radius 3 is 2.35 bits per heavy atom. The van der Waals surface area contributed by atoms with Crippen molar-refractivity contribution in [1.29, 1.82) is 10.5 Å². The largest absolute Gasteiger partial charge is 0.493 e. The van der Waals surface area contributed by atoms with Crippen molar-refractivity contribution in [1.82, 2.24) is 0 Å². The van der Waals surface area contributed by atoms with Gasteiger partial charge >= 0.3 is 0 Å². The Morgan fingerprint density at radius 2 is 1.67 bits per heavy atom. The van der Waals surface area contributed by atoms with E-state index < -0.39 is 15.8 Å². The van der Waals surface area contributed by atoms with Gasteiger partial charge in [-0.1, -0.05) is 24.3 Å². The summed E-state index contributed by atoms with van der Waals surface area (Å²) in [5, 5.41) is 18.7. The molecule has 1 N–H and O–H groups in total. The molecule has 0 spiro atoms. The molecule has 1 unspecified atom stereocenters. The fourth-order valence-corrected chi connectivity index (χ4v) is 5.81. The van der Waals surface area contributed by atoms with Crippen molar-refractivity contribution in [2.24, 2.45) is 5.92 Å². The number of nitriles is 2. The molecule has 11 heteroatoms. The van der Waals surface area contributed by atoms with E-state index in [0.717, 1.165) is 23.9 Å². The Bertz CT molecular complexity index is 1900. The van der Waals surface area contributed by atoms with E-state index in [2.05, 4.69) is 16.9 Å². The lowest BCUT2D eigenvalue weighted by Crippen LogP contribution is -2.23. The molecule has 236 valence electrons. The first kappa shape index (κ1) is 32.3. The van der Waals surface area contributed by atoms with Gasteiger partial charge in [-0.25, -0.2) is 12.8 Å². The number of hydrogen-bond acceptors (Lipinski definition) is 8. The Hall–Kier alpha value is -5.10. The van der Waals surface area contributed by atoms with E-state index in [1.54, 1.807) is 42.5 Å². The number of nitrogens with zero attached hydrogens (tertiary/aromatic N) is 3. The van der Waals surface area contributed by atoms with E-state index in [9.17, 15) is 18.9 Å². The second-order valence-electron chi connectivity index (χ2n) is 11.2. The van der Waals surface area contributed by atoms with Gasteiger partial charge in [-0.2, -0.15) is 10.5 Å². The molecule has 1 aliphatic rings. The number of anilines is 2. The Morgan fingerprint density at radius 1 is 0.957 bits per heavy atom. The maximum Gasteiger partial charge on any atom is 0.229 e. The van der Waals surface area contributed by atoms with Crippen molar-refractivity contribution in [3.63, 3.8) is 0 Å². The maximum absolute atomic E-state index is 15.5. The smallest absolute Gasteiger partial charge is 0.229 e. The third-order valence-corrected chi connectivity index (χ3v) is 8.10. The van der Waals surface area contributed by atoms with Crippen LogP contribution in [0.2, 0.25) is 0 Å². The highest BCUT2D eigenvalue weighted by Crippen LogP contribution is 2.33. The summed E-state index contributed by atoms with van der Waals surface area (Å²) in [7, 11) is -3.51. The molecule has 0 saturated carbocycles. The molecule has 0 radical (unpaired) electrons. The van der Waals surface area contributed by atoms with Crippen molar-refractivity contribution < 1.29 is 27.0 Å². The lowest BCUT2D eigenvalue weighted by molar-refractivity contribution is 0.167. The highest BCUT2D eigenvalue weighted by Gasteiger charge is 2.18. The van der Waals surface area contributed by atoms with Crippen molar-refractivity contribution in [3.8, 4) is 29.4 Å². The van der Waals surface area contributed by atoms with E-state index in [4.69, 9.17) is 14.2 Å². The van der Waals surface area contributed by atoms with Gasteiger partial charge in [0.25, 0.3) is 0 Å².